The smallest absolute Gasteiger partial charge is 0.0756 e. The van der Waals surface area contributed by atoms with Gasteiger partial charge in [0.1, 0.15) is 0 Å². The van der Waals surface area contributed by atoms with E-state index in [1.165, 1.54) is 0 Å². The minimum absolute atomic E-state index is 0.0841. The van der Waals surface area contributed by atoms with Gasteiger partial charge in [0.2, 0.25) is 0 Å². The third kappa shape index (κ3) is 2.08. The average molecular weight is 170 g/mol. The summed E-state index contributed by atoms with van der Waals surface area (Å²) in [6, 6.07) is 0. The number of aliphatic hydroxyl groups excluding tert-OH is 2. The highest BCUT2D eigenvalue weighted by Crippen LogP contribution is 2.29. The first-order chi connectivity index (χ1) is 5.65. The van der Waals surface area contributed by atoms with Crippen molar-refractivity contribution in [3.63, 3.8) is 0 Å². The van der Waals surface area contributed by atoms with Crippen molar-refractivity contribution < 1.29 is 10.2 Å². The van der Waals surface area contributed by atoms with E-state index in [0.717, 1.165) is 30.4 Å². The molecule has 0 unspecified atom stereocenters. The van der Waals surface area contributed by atoms with Crippen LogP contribution in [0.25, 0.3) is 0 Å². The predicted molar refractivity (Wildman–Crippen MR) is 48.8 cm³/mol. The van der Waals surface area contributed by atoms with Gasteiger partial charge in [-0.1, -0.05) is 6.92 Å². The molecule has 0 amide bonds. The van der Waals surface area contributed by atoms with Gasteiger partial charge in [0.15, 0.2) is 0 Å². The maximum Gasteiger partial charge on any atom is 0.0756 e. The quantitative estimate of drug-likeness (QED) is 0.585. The van der Waals surface area contributed by atoms with E-state index in [-0.39, 0.29) is 12.7 Å². The Bertz CT molecular complexity index is 184. The van der Waals surface area contributed by atoms with Crippen molar-refractivity contribution in [2.45, 2.75) is 39.2 Å². The fraction of sp³-hybridized carbons (Fsp3) is 0.800. The molecule has 1 saturated carbocycles. The van der Waals surface area contributed by atoms with Crippen molar-refractivity contribution in [2.75, 3.05) is 6.61 Å². The van der Waals surface area contributed by atoms with Gasteiger partial charge in [0, 0.05) is 0 Å². The summed E-state index contributed by atoms with van der Waals surface area (Å²) in [6.07, 6.45) is 2.64. The highest BCUT2D eigenvalue weighted by atomic mass is 16.3. The standard InChI is InChI=1S/C10H18O2/c1-7-3-4-9(8(2)6-11)10(12)5-7/h7,10-12H,3-6H2,1-2H3/b9-8-/t7-,10-/m1/s1. The largest absolute Gasteiger partial charge is 0.392 e. The van der Waals surface area contributed by atoms with Crippen LogP contribution in [0.2, 0.25) is 0 Å². The van der Waals surface area contributed by atoms with E-state index in [0.29, 0.717) is 5.92 Å². The van der Waals surface area contributed by atoms with Crippen LogP contribution in [0.1, 0.15) is 33.1 Å². The highest BCUT2D eigenvalue weighted by Gasteiger charge is 2.22. The molecular formula is C10H18O2. The molecule has 70 valence electrons. The zero-order chi connectivity index (χ0) is 9.14. The second-order valence-corrected chi connectivity index (χ2v) is 3.86. The first-order valence-corrected chi connectivity index (χ1v) is 4.62. The Morgan fingerprint density at radius 1 is 1.58 bits per heavy atom. The predicted octanol–water partition coefficient (Wildman–Crippen LogP) is 1.48. The summed E-state index contributed by atoms with van der Waals surface area (Å²) < 4.78 is 0. The van der Waals surface area contributed by atoms with Crippen LogP contribution in [0, 0.1) is 5.92 Å². The van der Waals surface area contributed by atoms with Gasteiger partial charge in [-0.05, 0) is 43.3 Å². The molecule has 0 radical (unpaired) electrons. The minimum atomic E-state index is -0.305. The van der Waals surface area contributed by atoms with Crippen molar-refractivity contribution in [3.8, 4) is 0 Å². The summed E-state index contributed by atoms with van der Waals surface area (Å²) >= 11 is 0. The summed E-state index contributed by atoms with van der Waals surface area (Å²) in [6.45, 7) is 4.14. The van der Waals surface area contributed by atoms with Gasteiger partial charge >= 0.3 is 0 Å². The van der Waals surface area contributed by atoms with Crippen molar-refractivity contribution in [1.82, 2.24) is 0 Å². The zero-order valence-corrected chi connectivity index (χ0v) is 7.88. The van der Waals surface area contributed by atoms with Gasteiger partial charge in [0.25, 0.3) is 0 Å². The lowest BCUT2D eigenvalue weighted by atomic mass is 9.83. The molecule has 0 aromatic heterocycles. The monoisotopic (exact) mass is 170 g/mol. The number of hydrogen-bond donors (Lipinski definition) is 2. The molecule has 0 aromatic carbocycles. The van der Waals surface area contributed by atoms with Crippen molar-refractivity contribution in [3.05, 3.63) is 11.1 Å². The van der Waals surface area contributed by atoms with Gasteiger partial charge in [-0.2, -0.15) is 0 Å². The Labute approximate surface area is 73.9 Å². The van der Waals surface area contributed by atoms with Gasteiger partial charge in [-0.15, -0.1) is 0 Å². The number of rotatable bonds is 1. The van der Waals surface area contributed by atoms with Crippen LogP contribution in [-0.2, 0) is 0 Å². The normalized spacial score (nSPS) is 35.0. The van der Waals surface area contributed by atoms with E-state index in [1.54, 1.807) is 0 Å². The molecule has 2 heteroatoms. The fourth-order valence-corrected chi connectivity index (χ4v) is 1.81. The molecule has 1 aliphatic rings. The van der Waals surface area contributed by atoms with E-state index in [2.05, 4.69) is 6.92 Å². The molecule has 2 atom stereocenters. The fourth-order valence-electron chi connectivity index (χ4n) is 1.81. The van der Waals surface area contributed by atoms with E-state index < -0.39 is 0 Å². The summed E-state index contributed by atoms with van der Waals surface area (Å²) in [4.78, 5) is 0. The van der Waals surface area contributed by atoms with Gasteiger partial charge in [0.05, 0.1) is 12.7 Å². The van der Waals surface area contributed by atoms with Gasteiger partial charge in [-0.25, -0.2) is 0 Å². The molecule has 0 bridgehead atoms. The van der Waals surface area contributed by atoms with Crippen molar-refractivity contribution in [1.29, 1.82) is 0 Å². The molecule has 0 saturated heterocycles. The number of aliphatic hydroxyl groups is 2. The number of hydrogen-bond acceptors (Lipinski definition) is 2. The van der Waals surface area contributed by atoms with Crippen LogP contribution in [0.15, 0.2) is 11.1 Å². The van der Waals surface area contributed by atoms with E-state index in [1.807, 2.05) is 6.92 Å². The lowest BCUT2D eigenvalue weighted by Gasteiger charge is -2.27. The maximum atomic E-state index is 9.67. The second-order valence-electron chi connectivity index (χ2n) is 3.86. The molecule has 0 spiro atoms. The highest BCUT2D eigenvalue weighted by molar-refractivity contribution is 5.18. The Balaban J connectivity index is 2.68. The molecule has 2 nitrogen and oxygen atoms in total. The minimum Gasteiger partial charge on any atom is -0.392 e. The van der Waals surface area contributed by atoms with Crippen molar-refractivity contribution >= 4 is 0 Å². The Morgan fingerprint density at radius 3 is 2.75 bits per heavy atom. The van der Waals surface area contributed by atoms with Crippen LogP contribution >= 0.6 is 0 Å². The van der Waals surface area contributed by atoms with E-state index in [9.17, 15) is 5.11 Å². The zero-order valence-electron chi connectivity index (χ0n) is 7.88. The summed E-state index contributed by atoms with van der Waals surface area (Å²) in [5, 5.41) is 18.6. The molecule has 0 heterocycles. The molecule has 1 fully saturated rings. The average Bonchev–Trinajstić information content (AvgIpc) is 2.03. The second kappa shape index (κ2) is 4.06. The lowest BCUT2D eigenvalue weighted by molar-refractivity contribution is 0.150. The van der Waals surface area contributed by atoms with Crippen LogP contribution in [-0.4, -0.2) is 22.9 Å². The summed E-state index contributed by atoms with van der Waals surface area (Å²) in [7, 11) is 0. The Hall–Kier alpha value is -0.340. The first-order valence-electron chi connectivity index (χ1n) is 4.62. The SMILES string of the molecule is C/C(CO)=C1\CC[C@@H](C)C[C@H]1O. The maximum absolute atomic E-state index is 9.67. The van der Waals surface area contributed by atoms with Gasteiger partial charge < -0.3 is 10.2 Å². The molecule has 12 heavy (non-hydrogen) atoms. The molecule has 1 aliphatic carbocycles. The third-order valence-corrected chi connectivity index (χ3v) is 2.72. The molecule has 2 N–H and O–H groups in total. The Morgan fingerprint density at radius 2 is 2.25 bits per heavy atom. The molecule has 0 aromatic rings. The van der Waals surface area contributed by atoms with Crippen LogP contribution in [0.5, 0.6) is 0 Å². The Kier molecular flexibility index (Phi) is 3.29. The topological polar surface area (TPSA) is 40.5 Å². The molecule has 0 aliphatic heterocycles. The van der Waals surface area contributed by atoms with Crippen LogP contribution < -0.4 is 0 Å². The summed E-state index contributed by atoms with van der Waals surface area (Å²) in [5.41, 5.74) is 2.02. The molecular weight excluding hydrogens is 152 g/mol. The van der Waals surface area contributed by atoms with E-state index >= 15 is 0 Å². The van der Waals surface area contributed by atoms with Crippen LogP contribution in [0.3, 0.4) is 0 Å². The first kappa shape index (κ1) is 9.75. The summed E-state index contributed by atoms with van der Waals surface area (Å²) in [5.74, 6) is 0.621. The van der Waals surface area contributed by atoms with Crippen molar-refractivity contribution in [2.24, 2.45) is 5.92 Å². The molecule has 1 rings (SSSR count). The lowest BCUT2D eigenvalue weighted by Crippen LogP contribution is -2.22. The van der Waals surface area contributed by atoms with Gasteiger partial charge in [-0.3, -0.25) is 0 Å². The third-order valence-electron chi connectivity index (χ3n) is 2.72. The van der Waals surface area contributed by atoms with E-state index in [4.69, 9.17) is 5.11 Å². The van der Waals surface area contributed by atoms with Crippen LogP contribution in [0.4, 0.5) is 0 Å².